The third-order valence-corrected chi connectivity index (χ3v) is 4.73. The Balaban J connectivity index is 2.17. The highest BCUT2D eigenvalue weighted by atomic mass is 79.9. The van der Waals surface area contributed by atoms with Crippen LogP contribution in [0.25, 0.3) is 0 Å². The zero-order chi connectivity index (χ0) is 14.7. The summed E-state index contributed by atoms with van der Waals surface area (Å²) in [6.07, 6.45) is 0.910. The van der Waals surface area contributed by atoms with Crippen LogP contribution in [0.2, 0.25) is 10.0 Å². The molecule has 0 atom stereocenters. The number of halogens is 3. The third-order valence-electron chi connectivity index (χ3n) is 3.07. The van der Waals surface area contributed by atoms with Crippen LogP contribution < -0.4 is 5.32 Å². The number of rotatable bonds is 5. The third kappa shape index (κ3) is 3.30. The molecule has 0 spiro atoms. The minimum absolute atomic E-state index is 0.550. The Hall–Kier alpha value is -0.710. The van der Waals surface area contributed by atoms with E-state index in [2.05, 4.69) is 40.2 Å². The van der Waals surface area contributed by atoms with E-state index < -0.39 is 0 Å². The monoisotopic (exact) mass is 375 g/mol. The predicted molar refractivity (Wildman–Crippen MR) is 88.8 cm³/mol. The Kier molecular flexibility index (Phi) is 5.35. The molecule has 0 aliphatic heterocycles. The first-order chi connectivity index (χ1) is 9.56. The molecule has 6 heteroatoms. The van der Waals surface area contributed by atoms with Gasteiger partial charge in [0.05, 0.1) is 32.5 Å². The van der Waals surface area contributed by atoms with Gasteiger partial charge < -0.3 is 5.32 Å². The molecule has 1 N–H and O–H groups in total. The van der Waals surface area contributed by atoms with E-state index in [0.717, 1.165) is 34.5 Å². The number of anilines is 1. The largest absolute Gasteiger partial charge is 0.379 e. The second-order valence-electron chi connectivity index (χ2n) is 4.36. The van der Waals surface area contributed by atoms with Crippen molar-refractivity contribution in [1.82, 2.24) is 9.78 Å². The molecule has 0 bridgehead atoms. The van der Waals surface area contributed by atoms with Gasteiger partial charge in [0, 0.05) is 12.2 Å². The van der Waals surface area contributed by atoms with E-state index in [1.807, 2.05) is 16.8 Å². The SMILES string of the molecule is CCc1nn(CC)c(CNc2ccc(Cl)c(Cl)c2)c1Br. The summed E-state index contributed by atoms with van der Waals surface area (Å²) in [5, 5.41) is 9.03. The lowest BCUT2D eigenvalue weighted by molar-refractivity contribution is 0.619. The maximum Gasteiger partial charge on any atom is 0.0767 e. The molecule has 0 radical (unpaired) electrons. The molecule has 1 aromatic heterocycles. The molecule has 0 saturated heterocycles. The van der Waals surface area contributed by atoms with Crippen molar-refractivity contribution in [3.8, 4) is 0 Å². The smallest absolute Gasteiger partial charge is 0.0767 e. The van der Waals surface area contributed by atoms with Gasteiger partial charge in [0.25, 0.3) is 0 Å². The Bertz CT molecular complexity index is 611. The van der Waals surface area contributed by atoms with E-state index in [4.69, 9.17) is 23.2 Å². The molecule has 0 saturated carbocycles. The summed E-state index contributed by atoms with van der Waals surface area (Å²) in [6.45, 7) is 5.71. The molecule has 0 aliphatic rings. The Labute approximate surface area is 137 Å². The number of hydrogen-bond donors (Lipinski definition) is 1. The van der Waals surface area contributed by atoms with Crippen molar-refractivity contribution in [2.75, 3.05) is 5.32 Å². The average molecular weight is 377 g/mol. The summed E-state index contributed by atoms with van der Waals surface area (Å²) in [5.74, 6) is 0. The number of aryl methyl sites for hydroxylation is 2. The molecule has 2 aromatic rings. The molecule has 2 rings (SSSR count). The Morgan fingerprint density at radius 2 is 2.00 bits per heavy atom. The first-order valence-electron chi connectivity index (χ1n) is 6.49. The summed E-state index contributed by atoms with van der Waals surface area (Å²) < 4.78 is 3.09. The van der Waals surface area contributed by atoms with Gasteiger partial charge in [0.2, 0.25) is 0 Å². The highest BCUT2D eigenvalue weighted by Crippen LogP contribution is 2.27. The van der Waals surface area contributed by atoms with Crippen LogP contribution in [0.4, 0.5) is 5.69 Å². The van der Waals surface area contributed by atoms with E-state index in [9.17, 15) is 0 Å². The number of benzene rings is 1. The molecule has 3 nitrogen and oxygen atoms in total. The zero-order valence-electron chi connectivity index (χ0n) is 11.4. The van der Waals surface area contributed by atoms with Crippen LogP contribution in [0.3, 0.4) is 0 Å². The molecule has 0 aliphatic carbocycles. The van der Waals surface area contributed by atoms with Gasteiger partial charge in [0.1, 0.15) is 0 Å². The molecule has 1 aromatic carbocycles. The summed E-state index contributed by atoms with van der Waals surface area (Å²) >= 11 is 15.6. The standard InChI is InChI=1S/C14H16BrCl2N3/c1-3-12-14(15)13(20(4-2)19-12)8-18-9-5-6-10(16)11(17)7-9/h5-7,18H,3-4,8H2,1-2H3. The lowest BCUT2D eigenvalue weighted by atomic mass is 10.3. The van der Waals surface area contributed by atoms with Gasteiger partial charge in [-0.2, -0.15) is 5.10 Å². The van der Waals surface area contributed by atoms with Gasteiger partial charge in [0.15, 0.2) is 0 Å². The number of aromatic nitrogens is 2. The maximum atomic E-state index is 6.01. The van der Waals surface area contributed by atoms with E-state index in [1.165, 1.54) is 0 Å². The fraction of sp³-hybridized carbons (Fsp3) is 0.357. The minimum atomic E-state index is 0.550. The molecular formula is C14H16BrCl2N3. The van der Waals surface area contributed by atoms with Crippen molar-refractivity contribution in [2.24, 2.45) is 0 Å². The fourth-order valence-electron chi connectivity index (χ4n) is 1.98. The van der Waals surface area contributed by atoms with Crippen LogP contribution in [-0.4, -0.2) is 9.78 Å². The van der Waals surface area contributed by atoms with E-state index in [-0.39, 0.29) is 0 Å². The van der Waals surface area contributed by atoms with E-state index in [1.54, 1.807) is 6.07 Å². The van der Waals surface area contributed by atoms with Crippen molar-refractivity contribution >= 4 is 44.8 Å². The van der Waals surface area contributed by atoms with Crippen molar-refractivity contribution in [2.45, 2.75) is 33.4 Å². The van der Waals surface area contributed by atoms with E-state index in [0.29, 0.717) is 16.6 Å². The average Bonchev–Trinajstić information content (AvgIpc) is 2.76. The van der Waals surface area contributed by atoms with Crippen LogP contribution >= 0.6 is 39.1 Å². The topological polar surface area (TPSA) is 29.9 Å². The number of hydrogen-bond acceptors (Lipinski definition) is 2. The van der Waals surface area contributed by atoms with Crippen molar-refractivity contribution in [1.29, 1.82) is 0 Å². The van der Waals surface area contributed by atoms with Crippen molar-refractivity contribution in [3.63, 3.8) is 0 Å². The van der Waals surface area contributed by atoms with Crippen LogP contribution in [0.5, 0.6) is 0 Å². The summed E-state index contributed by atoms with van der Waals surface area (Å²) in [5.41, 5.74) is 3.15. The van der Waals surface area contributed by atoms with Gasteiger partial charge in [-0.05, 0) is 47.5 Å². The molecule has 1 heterocycles. The van der Waals surface area contributed by atoms with Gasteiger partial charge in [-0.3, -0.25) is 4.68 Å². The molecular weight excluding hydrogens is 361 g/mol. The molecule has 108 valence electrons. The molecule has 0 unspecified atom stereocenters. The maximum absolute atomic E-state index is 6.01. The highest BCUT2D eigenvalue weighted by Gasteiger charge is 2.13. The lowest BCUT2D eigenvalue weighted by Crippen LogP contribution is -2.08. The van der Waals surface area contributed by atoms with Crippen LogP contribution in [0, 0.1) is 0 Å². The fourth-order valence-corrected chi connectivity index (χ4v) is 2.98. The summed E-state index contributed by atoms with van der Waals surface area (Å²) in [4.78, 5) is 0. The number of nitrogens with one attached hydrogen (secondary N) is 1. The summed E-state index contributed by atoms with van der Waals surface area (Å²) in [7, 11) is 0. The second kappa shape index (κ2) is 6.83. The lowest BCUT2D eigenvalue weighted by Gasteiger charge is -2.09. The Morgan fingerprint density at radius 3 is 2.60 bits per heavy atom. The van der Waals surface area contributed by atoms with Crippen molar-refractivity contribution < 1.29 is 0 Å². The first kappa shape index (κ1) is 15.7. The van der Waals surface area contributed by atoms with Crippen molar-refractivity contribution in [3.05, 3.63) is 44.1 Å². The Morgan fingerprint density at radius 1 is 1.25 bits per heavy atom. The normalized spacial score (nSPS) is 10.8. The predicted octanol–water partition coefficient (Wildman–Crippen LogP) is 5.15. The number of nitrogens with zero attached hydrogens (tertiary/aromatic N) is 2. The van der Waals surface area contributed by atoms with Gasteiger partial charge in [-0.25, -0.2) is 0 Å². The molecule has 20 heavy (non-hydrogen) atoms. The minimum Gasteiger partial charge on any atom is -0.379 e. The van der Waals surface area contributed by atoms with E-state index >= 15 is 0 Å². The zero-order valence-corrected chi connectivity index (χ0v) is 14.5. The first-order valence-corrected chi connectivity index (χ1v) is 8.04. The van der Waals surface area contributed by atoms with Crippen LogP contribution in [0.15, 0.2) is 22.7 Å². The highest BCUT2D eigenvalue weighted by molar-refractivity contribution is 9.10. The van der Waals surface area contributed by atoms with Gasteiger partial charge >= 0.3 is 0 Å². The van der Waals surface area contributed by atoms with Crippen LogP contribution in [0.1, 0.15) is 25.2 Å². The molecule has 0 fully saturated rings. The van der Waals surface area contributed by atoms with Gasteiger partial charge in [-0.15, -0.1) is 0 Å². The summed E-state index contributed by atoms with van der Waals surface area (Å²) in [6, 6.07) is 5.52. The quantitative estimate of drug-likeness (QED) is 0.782. The van der Waals surface area contributed by atoms with Gasteiger partial charge in [-0.1, -0.05) is 30.1 Å². The molecule has 0 amide bonds. The van der Waals surface area contributed by atoms with Crippen LogP contribution in [-0.2, 0) is 19.5 Å². The second-order valence-corrected chi connectivity index (χ2v) is 5.97.